The second-order valence-corrected chi connectivity index (χ2v) is 4.56. The molecule has 1 aliphatic carbocycles. The lowest BCUT2D eigenvalue weighted by atomic mass is 10.4. The van der Waals surface area contributed by atoms with Gasteiger partial charge in [0.15, 0.2) is 5.82 Å². The molecule has 0 saturated heterocycles. The van der Waals surface area contributed by atoms with Crippen LogP contribution in [0.15, 0.2) is 0 Å². The number of rotatable bonds is 7. The van der Waals surface area contributed by atoms with E-state index in [0.29, 0.717) is 32.2 Å². The Bertz CT molecular complexity index is 402. The molecule has 0 spiro atoms. The molecule has 0 unspecified atom stereocenters. The van der Waals surface area contributed by atoms with Crippen LogP contribution in [0.1, 0.15) is 38.1 Å². The van der Waals surface area contributed by atoms with Crippen LogP contribution in [-0.2, 0) is 16.1 Å². The smallest absolute Gasteiger partial charge is 0.307 e. The van der Waals surface area contributed by atoms with Crippen molar-refractivity contribution in [1.29, 1.82) is 0 Å². The van der Waals surface area contributed by atoms with Gasteiger partial charge in [-0.2, -0.15) is 0 Å². The minimum atomic E-state index is -0.161. The van der Waals surface area contributed by atoms with Crippen LogP contribution >= 0.6 is 0 Å². The monoisotopic (exact) mass is 253 g/mol. The summed E-state index contributed by atoms with van der Waals surface area (Å²) in [5, 5.41) is 11.7. The van der Waals surface area contributed by atoms with Gasteiger partial charge < -0.3 is 4.74 Å². The van der Waals surface area contributed by atoms with Crippen LogP contribution in [0.4, 0.5) is 0 Å². The summed E-state index contributed by atoms with van der Waals surface area (Å²) in [7, 11) is 1.95. The van der Waals surface area contributed by atoms with E-state index in [1.54, 1.807) is 0 Å². The molecule has 7 heteroatoms. The highest BCUT2D eigenvalue weighted by atomic mass is 16.5. The Morgan fingerprint density at radius 1 is 1.56 bits per heavy atom. The van der Waals surface area contributed by atoms with Crippen LogP contribution in [-0.4, -0.2) is 51.3 Å². The summed E-state index contributed by atoms with van der Waals surface area (Å²) in [6.07, 6.45) is 2.71. The molecule has 7 nitrogen and oxygen atoms in total. The molecule has 1 heterocycles. The maximum Gasteiger partial charge on any atom is 0.307 e. The number of ether oxygens (including phenoxy) is 1. The highest BCUT2D eigenvalue weighted by Crippen LogP contribution is 2.34. The van der Waals surface area contributed by atoms with Crippen LogP contribution in [0.3, 0.4) is 0 Å². The van der Waals surface area contributed by atoms with Gasteiger partial charge in [-0.15, -0.1) is 5.10 Å². The average Bonchev–Trinajstić information content (AvgIpc) is 3.08. The molecule has 100 valence electrons. The summed E-state index contributed by atoms with van der Waals surface area (Å²) in [5.41, 5.74) is 0. The van der Waals surface area contributed by atoms with Gasteiger partial charge in [-0.1, -0.05) is 0 Å². The van der Waals surface area contributed by atoms with Gasteiger partial charge in [0.2, 0.25) is 0 Å². The first-order valence-electron chi connectivity index (χ1n) is 6.31. The first kappa shape index (κ1) is 12.9. The molecule has 0 amide bonds. The van der Waals surface area contributed by atoms with Gasteiger partial charge in [0.1, 0.15) is 0 Å². The third-order valence-corrected chi connectivity index (χ3v) is 2.87. The minimum absolute atomic E-state index is 0.161. The van der Waals surface area contributed by atoms with E-state index in [9.17, 15) is 4.79 Å². The Balaban J connectivity index is 1.78. The summed E-state index contributed by atoms with van der Waals surface area (Å²) in [6.45, 7) is 3.55. The van der Waals surface area contributed by atoms with Gasteiger partial charge in [-0.25, -0.2) is 4.68 Å². The number of nitrogens with zero attached hydrogens (tertiary/aromatic N) is 5. The molecule has 1 aliphatic rings. The van der Waals surface area contributed by atoms with Gasteiger partial charge >= 0.3 is 5.97 Å². The van der Waals surface area contributed by atoms with E-state index in [1.807, 2.05) is 23.6 Å². The van der Waals surface area contributed by atoms with Crippen molar-refractivity contribution < 1.29 is 9.53 Å². The average molecular weight is 253 g/mol. The number of esters is 1. The molecule has 0 aromatic carbocycles. The second-order valence-electron chi connectivity index (χ2n) is 4.56. The zero-order valence-electron chi connectivity index (χ0n) is 10.9. The number of hydrogen-bond acceptors (Lipinski definition) is 6. The maximum absolute atomic E-state index is 11.2. The van der Waals surface area contributed by atoms with Crippen molar-refractivity contribution in [3.63, 3.8) is 0 Å². The molecular formula is C11H19N5O2. The summed E-state index contributed by atoms with van der Waals surface area (Å²) < 4.78 is 6.78. The Morgan fingerprint density at radius 3 is 3.00 bits per heavy atom. The molecule has 1 aromatic heterocycles. The fourth-order valence-electron chi connectivity index (χ4n) is 1.75. The number of carbonyl (C=O) groups excluding carboxylic acids is 1. The zero-order chi connectivity index (χ0) is 13.0. The lowest BCUT2D eigenvalue weighted by molar-refractivity contribution is -0.143. The van der Waals surface area contributed by atoms with Crippen LogP contribution in [0, 0.1) is 0 Å². The summed E-state index contributed by atoms with van der Waals surface area (Å²) in [5.74, 6) is 0.704. The molecule has 0 bridgehead atoms. The molecule has 18 heavy (non-hydrogen) atoms. The number of hydrogen-bond donors (Lipinski definition) is 0. The fourth-order valence-corrected chi connectivity index (χ4v) is 1.75. The fraction of sp³-hybridized carbons (Fsp3) is 0.818. The molecule has 2 rings (SSSR count). The van der Waals surface area contributed by atoms with E-state index in [1.165, 1.54) is 0 Å². The summed E-state index contributed by atoms with van der Waals surface area (Å²) in [6, 6.07) is 0.480. The zero-order valence-corrected chi connectivity index (χ0v) is 10.9. The maximum atomic E-state index is 11.2. The molecular weight excluding hydrogens is 234 g/mol. The van der Waals surface area contributed by atoms with E-state index in [2.05, 4.69) is 15.5 Å². The molecule has 1 aromatic rings. The summed E-state index contributed by atoms with van der Waals surface area (Å²) >= 11 is 0. The van der Waals surface area contributed by atoms with Gasteiger partial charge in [0.05, 0.1) is 25.6 Å². The van der Waals surface area contributed by atoms with E-state index >= 15 is 0 Å². The first-order valence-corrected chi connectivity index (χ1v) is 6.31. The molecule has 0 aliphatic heterocycles. The molecule has 0 N–H and O–H groups in total. The number of aromatic nitrogens is 4. The molecule has 0 radical (unpaired) electrons. The topological polar surface area (TPSA) is 73.1 Å². The highest BCUT2D eigenvalue weighted by Gasteiger charge is 2.27. The van der Waals surface area contributed by atoms with Crippen molar-refractivity contribution >= 4 is 5.97 Å². The largest absolute Gasteiger partial charge is 0.466 e. The van der Waals surface area contributed by atoms with E-state index in [0.717, 1.165) is 18.7 Å². The van der Waals surface area contributed by atoms with Gasteiger partial charge in [-0.05, 0) is 37.2 Å². The lowest BCUT2D eigenvalue weighted by Crippen LogP contribution is -2.24. The van der Waals surface area contributed by atoms with Crippen molar-refractivity contribution in [2.24, 2.45) is 0 Å². The molecule has 0 atom stereocenters. The van der Waals surface area contributed by atoms with E-state index in [4.69, 9.17) is 4.74 Å². The second kappa shape index (κ2) is 5.90. The third kappa shape index (κ3) is 3.49. The highest BCUT2D eigenvalue weighted by molar-refractivity contribution is 5.69. The molecule has 1 fully saturated rings. The van der Waals surface area contributed by atoms with E-state index < -0.39 is 0 Å². The van der Waals surface area contributed by atoms with Crippen molar-refractivity contribution in [2.75, 3.05) is 20.2 Å². The van der Waals surface area contributed by atoms with Crippen molar-refractivity contribution in [3.8, 4) is 0 Å². The molecule has 1 saturated carbocycles. The van der Waals surface area contributed by atoms with Gasteiger partial charge in [0, 0.05) is 6.54 Å². The normalized spacial score (nSPS) is 15.1. The Hall–Kier alpha value is -1.50. The van der Waals surface area contributed by atoms with Gasteiger partial charge in [0.25, 0.3) is 0 Å². The Morgan fingerprint density at radius 2 is 2.33 bits per heavy atom. The third-order valence-electron chi connectivity index (χ3n) is 2.87. The summed E-state index contributed by atoms with van der Waals surface area (Å²) in [4.78, 5) is 13.3. The SMILES string of the molecule is CCOC(=O)CCN(C)Cc1nnnn1C1CC1. The van der Waals surface area contributed by atoms with E-state index in [-0.39, 0.29) is 5.97 Å². The van der Waals surface area contributed by atoms with Crippen LogP contribution in [0.2, 0.25) is 0 Å². The quantitative estimate of drug-likeness (QED) is 0.655. The lowest BCUT2D eigenvalue weighted by Gasteiger charge is -2.15. The van der Waals surface area contributed by atoms with Crippen molar-refractivity contribution in [2.45, 2.75) is 38.8 Å². The minimum Gasteiger partial charge on any atom is -0.466 e. The Kier molecular flexibility index (Phi) is 4.24. The van der Waals surface area contributed by atoms with Gasteiger partial charge in [-0.3, -0.25) is 9.69 Å². The number of tetrazole rings is 1. The predicted octanol–water partition coefficient (Wildman–Crippen LogP) is 0.393. The number of carbonyl (C=O) groups is 1. The Labute approximate surface area is 106 Å². The standard InChI is InChI=1S/C11H19N5O2/c1-3-18-11(17)6-7-15(2)8-10-12-13-14-16(10)9-4-5-9/h9H,3-8H2,1-2H3. The predicted molar refractivity (Wildman–Crippen MR) is 63.7 cm³/mol. The van der Waals surface area contributed by atoms with Crippen LogP contribution < -0.4 is 0 Å². The van der Waals surface area contributed by atoms with Crippen LogP contribution in [0.5, 0.6) is 0 Å². The van der Waals surface area contributed by atoms with Crippen LogP contribution in [0.25, 0.3) is 0 Å². The van der Waals surface area contributed by atoms with Crippen molar-refractivity contribution in [3.05, 3.63) is 5.82 Å². The van der Waals surface area contributed by atoms with Crippen molar-refractivity contribution in [1.82, 2.24) is 25.1 Å². The first-order chi connectivity index (χ1) is 8.70.